The molecule has 0 radical (unpaired) electrons. The van der Waals surface area contributed by atoms with Crippen LogP contribution < -0.4 is 16.0 Å². The van der Waals surface area contributed by atoms with Gasteiger partial charge in [0.25, 0.3) is 0 Å². The van der Waals surface area contributed by atoms with E-state index in [9.17, 15) is 4.79 Å². The Balaban J connectivity index is 2.04. The highest BCUT2D eigenvalue weighted by Crippen LogP contribution is 2.26. The standard InChI is InChI=1S/C11H15ClN4O2/c1-18-11(17)14-7-4-5-16(6-7)10-8(13)2-3-9(12)15-10/h2-3,7H,4-6,13H2,1H3,(H,14,17). The Morgan fingerprint density at radius 2 is 2.44 bits per heavy atom. The monoisotopic (exact) mass is 270 g/mol. The van der Waals surface area contributed by atoms with Crippen LogP contribution in [0.25, 0.3) is 0 Å². The van der Waals surface area contributed by atoms with Gasteiger partial charge in [-0.15, -0.1) is 0 Å². The van der Waals surface area contributed by atoms with Gasteiger partial charge in [0.05, 0.1) is 18.8 Å². The van der Waals surface area contributed by atoms with E-state index < -0.39 is 6.09 Å². The van der Waals surface area contributed by atoms with Gasteiger partial charge in [-0.1, -0.05) is 11.6 Å². The van der Waals surface area contributed by atoms with E-state index in [1.54, 1.807) is 12.1 Å². The van der Waals surface area contributed by atoms with E-state index >= 15 is 0 Å². The average Bonchev–Trinajstić information content (AvgIpc) is 2.80. The number of rotatable bonds is 2. The summed E-state index contributed by atoms with van der Waals surface area (Å²) in [7, 11) is 1.35. The van der Waals surface area contributed by atoms with Crippen molar-refractivity contribution >= 4 is 29.2 Å². The maximum atomic E-state index is 11.1. The topological polar surface area (TPSA) is 80.5 Å². The molecule has 98 valence electrons. The summed E-state index contributed by atoms with van der Waals surface area (Å²) in [6.45, 7) is 1.42. The van der Waals surface area contributed by atoms with Crippen molar-refractivity contribution in [1.29, 1.82) is 0 Å². The lowest BCUT2D eigenvalue weighted by Gasteiger charge is -2.19. The number of ether oxygens (including phenoxy) is 1. The Hall–Kier alpha value is -1.69. The van der Waals surface area contributed by atoms with E-state index in [1.807, 2.05) is 4.90 Å². The van der Waals surface area contributed by atoms with Crippen molar-refractivity contribution in [3.05, 3.63) is 17.3 Å². The predicted molar refractivity (Wildman–Crippen MR) is 69.8 cm³/mol. The van der Waals surface area contributed by atoms with Crippen LogP contribution in [0.4, 0.5) is 16.3 Å². The number of methoxy groups -OCH3 is 1. The maximum Gasteiger partial charge on any atom is 0.407 e. The van der Waals surface area contributed by atoms with Gasteiger partial charge in [-0.2, -0.15) is 0 Å². The third-order valence-corrected chi connectivity index (χ3v) is 3.08. The zero-order valence-electron chi connectivity index (χ0n) is 10.0. The average molecular weight is 271 g/mol. The minimum atomic E-state index is -0.422. The van der Waals surface area contributed by atoms with Crippen LogP contribution in [-0.2, 0) is 4.74 Å². The first-order valence-electron chi connectivity index (χ1n) is 5.61. The molecule has 1 amide bonds. The van der Waals surface area contributed by atoms with Gasteiger partial charge in [0.15, 0.2) is 5.82 Å². The van der Waals surface area contributed by atoms with Crippen molar-refractivity contribution in [2.45, 2.75) is 12.5 Å². The quantitative estimate of drug-likeness (QED) is 0.791. The highest BCUT2D eigenvalue weighted by Gasteiger charge is 2.26. The first-order valence-corrected chi connectivity index (χ1v) is 5.99. The first kappa shape index (κ1) is 12.8. The molecule has 3 N–H and O–H groups in total. The van der Waals surface area contributed by atoms with E-state index in [0.29, 0.717) is 23.2 Å². The summed E-state index contributed by atoms with van der Waals surface area (Å²) in [6, 6.07) is 3.42. The molecule has 7 heteroatoms. The molecule has 0 aromatic carbocycles. The summed E-state index contributed by atoms with van der Waals surface area (Å²) in [5.41, 5.74) is 6.45. The Morgan fingerprint density at radius 1 is 1.67 bits per heavy atom. The van der Waals surface area contributed by atoms with E-state index in [1.165, 1.54) is 7.11 Å². The molecule has 0 spiro atoms. The van der Waals surface area contributed by atoms with Crippen LogP contribution in [0.3, 0.4) is 0 Å². The van der Waals surface area contributed by atoms with Crippen LogP contribution >= 0.6 is 11.6 Å². The number of alkyl carbamates (subject to hydrolysis) is 1. The highest BCUT2D eigenvalue weighted by atomic mass is 35.5. The van der Waals surface area contributed by atoms with Gasteiger partial charge in [-0.25, -0.2) is 9.78 Å². The van der Waals surface area contributed by atoms with Crippen LogP contribution in [0.1, 0.15) is 6.42 Å². The van der Waals surface area contributed by atoms with Gasteiger partial charge in [-0.3, -0.25) is 0 Å². The zero-order valence-corrected chi connectivity index (χ0v) is 10.8. The number of halogens is 1. The van der Waals surface area contributed by atoms with Gasteiger partial charge >= 0.3 is 6.09 Å². The zero-order chi connectivity index (χ0) is 13.1. The number of hydrogen-bond donors (Lipinski definition) is 2. The van der Waals surface area contributed by atoms with Crippen LogP contribution in [0.5, 0.6) is 0 Å². The van der Waals surface area contributed by atoms with Crippen LogP contribution in [-0.4, -0.2) is 37.3 Å². The molecule has 1 aliphatic rings. The number of nitrogens with one attached hydrogen (secondary N) is 1. The van der Waals surface area contributed by atoms with Crippen LogP contribution in [0, 0.1) is 0 Å². The largest absolute Gasteiger partial charge is 0.453 e. The minimum Gasteiger partial charge on any atom is -0.453 e. The maximum absolute atomic E-state index is 11.1. The Morgan fingerprint density at radius 3 is 3.17 bits per heavy atom. The molecule has 1 saturated heterocycles. The summed E-state index contributed by atoms with van der Waals surface area (Å²) in [4.78, 5) is 17.3. The molecule has 1 aliphatic heterocycles. The Labute approximate surface area is 110 Å². The molecule has 0 bridgehead atoms. The van der Waals surface area contributed by atoms with Gasteiger partial charge in [0, 0.05) is 13.1 Å². The Kier molecular flexibility index (Phi) is 3.76. The molecule has 1 atom stereocenters. The minimum absolute atomic E-state index is 0.0395. The summed E-state index contributed by atoms with van der Waals surface area (Å²) in [5, 5.41) is 3.16. The van der Waals surface area contributed by atoms with Crippen molar-refractivity contribution in [2.24, 2.45) is 0 Å². The second-order valence-corrected chi connectivity index (χ2v) is 4.50. The lowest BCUT2D eigenvalue weighted by Crippen LogP contribution is -2.37. The molecule has 2 heterocycles. The lowest BCUT2D eigenvalue weighted by molar-refractivity contribution is 0.167. The molecular formula is C11H15ClN4O2. The number of nitrogens with two attached hydrogens (primary N) is 1. The molecule has 1 unspecified atom stereocenters. The number of carbonyl (C=O) groups is 1. The second-order valence-electron chi connectivity index (χ2n) is 4.11. The number of aromatic nitrogens is 1. The number of hydrogen-bond acceptors (Lipinski definition) is 5. The van der Waals surface area contributed by atoms with Crippen molar-refractivity contribution in [2.75, 3.05) is 30.8 Å². The summed E-state index contributed by atoms with van der Waals surface area (Å²) in [6.07, 6.45) is 0.400. The van der Waals surface area contributed by atoms with Gasteiger partial charge in [0.1, 0.15) is 5.15 Å². The van der Waals surface area contributed by atoms with E-state index in [-0.39, 0.29) is 6.04 Å². The normalized spacial score (nSPS) is 18.8. The molecule has 18 heavy (non-hydrogen) atoms. The highest BCUT2D eigenvalue weighted by molar-refractivity contribution is 6.29. The molecule has 1 aromatic rings. The molecule has 2 rings (SSSR count). The van der Waals surface area contributed by atoms with Gasteiger partial charge in [-0.05, 0) is 18.6 Å². The van der Waals surface area contributed by atoms with E-state index in [0.717, 1.165) is 13.0 Å². The third-order valence-electron chi connectivity index (χ3n) is 2.87. The first-order chi connectivity index (χ1) is 8.60. The van der Waals surface area contributed by atoms with Gasteiger partial charge in [0.2, 0.25) is 0 Å². The third kappa shape index (κ3) is 2.76. The van der Waals surface area contributed by atoms with E-state index in [4.69, 9.17) is 17.3 Å². The van der Waals surface area contributed by atoms with Crippen molar-refractivity contribution < 1.29 is 9.53 Å². The number of amides is 1. The molecule has 0 aliphatic carbocycles. The van der Waals surface area contributed by atoms with Crippen LogP contribution in [0.15, 0.2) is 12.1 Å². The van der Waals surface area contributed by atoms with Crippen molar-refractivity contribution in [3.8, 4) is 0 Å². The number of carbonyl (C=O) groups excluding carboxylic acids is 1. The fraction of sp³-hybridized carbons (Fsp3) is 0.455. The SMILES string of the molecule is COC(=O)NC1CCN(c2nc(Cl)ccc2N)C1. The summed E-state index contributed by atoms with van der Waals surface area (Å²) >= 11 is 5.86. The fourth-order valence-corrected chi connectivity index (χ4v) is 2.13. The van der Waals surface area contributed by atoms with E-state index in [2.05, 4.69) is 15.0 Å². The lowest BCUT2D eigenvalue weighted by atomic mass is 10.3. The van der Waals surface area contributed by atoms with Gasteiger partial charge < -0.3 is 20.7 Å². The molecule has 6 nitrogen and oxygen atoms in total. The predicted octanol–water partition coefficient (Wildman–Crippen LogP) is 1.25. The van der Waals surface area contributed by atoms with Crippen molar-refractivity contribution in [1.82, 2.24) is 10.3 Å². The smallest absolute Gasteiger partial charge is 0.407 e. The molecule has 1 aromatic heterocycles. The summed E-state index contributed by atoms with van der Waals surface area (Å²) in [5.74, 6) is 0.664. The molecule has 1 fully saturated rings. The Bertz CT molecular complexity index is 455. The molecule has 0 saturated carbocycles. The fourth-order valence-electron chi connectivity index (χ4n) is 1.99. The molecular weight excluding hydrogens is 256 g/mol. The number of pyridine rings is 1. The number of anilines is 2. The number of nitrogens with zero attached hydrogens (tertiary/aromatic N) is 2. The summed E-state index contributed by atoms with van der Waals surface area (Å²) < 4.78 is 4.57. The van der Waals surface area contributed by atoms with Crippen molar-refractivity contribution in [3.63, 3.8) is 0 Å². The van der Waals surface area contributed by atoms with Crippen LogP contribution in [0.2, 0.25) is 5.15 Å². The second kappa shape index (κ2) is 5.30. The number of nitrogen functional groups attached to an aromatic ring is 1.